The number of hydrogen-bond acceptors (Lipinski definition) is 4. The second-order valence-electron chi connectivity index (χ2n) is 3.96. The standard InChI is InChI=1S/C10H21NO2S2/c1-2-3-4-5-10(15(12)13)9-8-11-6-7-14-9/h9-11,15H,2-8H2,1H3. The monoisotopic (exact) mass is 251 g/mol. The normalized spacial score (nSPS) is 24.3. The molecule has 90 valence electrons. The molecule has 0 amide bonds. The zero-order valence-electron chi connectivity index (χ0n) is 9.28. The van der Waals surface area contributed by atoms with Crippen LogP contribution in [0.3, 0.4) is 0 Å². The van der Waals surface area contributed by atoms with E-state index in [4.69, 9.17) is 0 Å². The average molecular weight is 251 g/mol. The molecule has 1 fully saturated rings. The van der Waals surface area contributed by atoms with Crippen LogP contribution in [0.15, 0.2) is 0 Å². The molecule has 0 saturated carbocycles. The number of rotatable bonds is 6. The van der Waals surface area contributed by atoms with Crippen LogP contribution in [0.5, 0.6) is 0 Å². The summed E-state index contributed by atoms with van der Waals surface area (Å²) in [5.74, 6) is 1.04. The van der Waals surface area contributed by atoms with E-state index in [1.165, 1.54) is 0 Å². The molecule has 3 nitrogen and oxygen atoms in total. The van der Waals surface area contributed by atoms with Gasteiger partial charge in [0.2, 0.25) is 0 Å². The van der Waals surface area contributed by atoms with E-state index >= 15 is 0 Å². The molecule has 5 heteroatoms. The van der Waals surface area contributed by atoms with E-state index in [0.29, 0.717) is 0 Å². The van der Waals surface area contributed by atoms with E-state index in [-0.39, 0.29) is 10.5 Å². The summed E-state index contributed by atoms with van der Waals surface area (Å²) in [6, 6.07) is 0. The van der Waals surface area contributed by atoms with Crippen molar-refractivity contribution in [3.8, 4) is 0 Å². The van der Waals surface area contributed by atoms with Crippen molar-refractivity contribution in [1.29, 1.82) is 0 Å². The van der Waals surface area contributed by atoms with Crippen LogP contribution in [0.1, 0.15) is 32.6 Å². The largest absolute Gasteiger partial charge is 0.315 e. The fraction of sp³-hybridized carbons (Fsp3) is 1.00. The SMILES string of the molecule is CCCCCC(C1CNCCS1)[SH](=O)=O. The first kappa shape index (κ1) is 13.3. The maximum absolute atomic E-state index is 11.2. The third-order valence-corrected chi connectivity index (χ3v) is 5.48. The predicted molar refractivity (Wildman–Crippen MR) is 67.4 cm³/mol. The molecule has 1 saturated heterocycles. The lowest BCUT2D eigenvalue weighted by Crippen LogP contribution is -2.40. The second-order valence-corrected chi connectivity index (χ2v) is 6.54. The van der Waals surface area contributed by atoms with Crippen molar-refractivity contribution in [3.63, 3.8) is 0 Å². The Balaban J connectivity index is 2.41. The molecule has 0 bridgehead atoms. The van der Waals surface area contributed by atoms with Gasteiger partial charge in [0.1, 0.15) is 10.7 Å². The molecule has 2 atom stereocenters. The van der Waals surface area contributed by atoms with Gasteiger partial charge >= 0.3 is 0 Å². The minimum Gasteiger partial charge on any atom is -0.315 e. The fourth-order valence-corrected chi connectivity index (χ4v) is 4.35. The van der Waals surface area contributed by atoms with Gasteiger partial charge in [-0.05, 0) is 6.42 Å². The van der Waals surface area contributed by atoms with Gasteiger partial charge in [-0.15, -0.1) is 0 Å². The Bertz CT molecular complexity index is 230. The molecule has 1 rings (SSSR count). The highest BCUT2D eigenvalue weighted by atomic mass is 32.2. The zero-order valence-corrected chi connectivity index (χ0v) is 11.0. The molecule has 0 aromatic carbocycles. The molecule has 0 radical (unpaired) electrons. The van der Waals surface area contributed by atoms with E-state index < -0.39 is 10.7 Å². The van der Waals surface area contributed by atoms with Crippen molar-refractivity contribution in [2.24, 2.45) is 0 Å². The molecular weight excluding hydrogens is 230 g/mol. The number of nitrogens with one attached hydrogen (secondary N) is 1. The molecule has 0 aromatic heterocycles. The molecule has 0 spiro atoms. The van der Waals surface area contributed by atoms with Gasteiger partial charge in [-0.25, -0.2) is 8.42 Å². The van der Waals surface area contributed by atoms with Crippen LogP contribution in [0.25, 0.3) is 0 Å². The Morgan fingerprint density at radius 1 is 1.47 bits per heavy atom. The quantitative estimate of drug-likeness (QED) is 0.551. The molecular formula is C10H21NO2S2. The average Bonchev–Trinajstić information content (AvgIpc) is 2.25. The molecule has 2 unspecified atom stereocenters. The Morgan fingerprint density at radius 2 is 2.27 bits per heavy atom. The maximum Gasteiger partial charge on any atom is 0.144 e. The lowest BCUT2D eigenvalue weighted by atomic mass is 10.1. The van der Waals surface area contributed by atoms with Gasteiger partial charge in [0.15, 0.2) is 0 Å². The fourth-order valence-electron chi connectivity index (χ4n) is 1.86. The van der Waals surface area contributed by atoms with Crippen LogP contribution in [-0.2, 0) is 10.7 Å². The first-order valence-electron chi connectivity index (χ1n) is 5.71. The molecule has 15 heavy (non-hydrogen) atoms. The number of thiol groups is 1. The Kier molecular flexibility index (Phi) is 6.68. The highest BCUT2D eigenvalue weighted by Crippen LogP contribution is 2.22. The van der Waals surface area contributed by atoms with Crippen molar-refractivity contribution in [1.82, 2.24) is 5.32 Å². The van der Waals surface area contributed by atoms with Crippen molar-refractivity contribution in [3.05, 3.63) is 0 Å². The summed E-state index contributed by atoms with van der Waals surface area (Å²) >= 11 is 1.81. The van der Waals surface area contributed by atoms with Crippen LogP contribution in [-0.4, -0.2) is 37.8 Å². The van der Waals surface area contributed by atoms with Crippen LogP contribution in [0.4, 0.5) is 0 Å². The predicted octanol–water partition coefficient (Wildman–Crippen LogP) is 1.25. The lowest BCUT2D eigenvalue weighted by Gasteiger charge is -2.26. The van der Waals surface area contributed by atoms with Gasteiger partial charge < -0.3 is 5.32 Å². The molecule has 1 aliphatic heterocycles. The van der Waals surface area contributed by atoms with Gasteiger partial charge in [-0.1, -0.05) is 26.2 Å². The van der Waals surface area contributed by atoms with Gasteiger partial charge in [0, 0.05) is 24.1 Å². The first-order valence-corrected chi connectivity index (χ1v) is 8.01. The third kappa shape index (κ3) is 4.74. The summed E-state index contributed by atoms with van der Waals surface area (Å²) in [7, 11) is -2.26. The van der Waals surface area contributed by atoms with Crippen LogP contribution < -0.4 is 5.32 Å². The Morgan fingerprint density at radius 3 is 2.80 bits per heavy atom. The number of hydrogen-bond donors (Lipinski definition) is 2. The van der Waals surface area contributed by atoms with Crippen LogP contribution in [0.2, 0.25) is 0 Å². The number of thioether (sulfide) groups is 1. The summed E-state index contributed by atoms with van der Waals surface area (Å²) in [5, 5.41) is 3.43. The molecule has 0 aliphatic carbocycles. The van der Waals surface area contributed by atoms with Crippen LogP contribution >= 0.6 is 11.8 Å². The minimum atomic E-state index is -2.26. The van der Waals surface area contributed by atoms with E-state index in [2.05, 4.69) is 12.2 Å². The minimum absolute atomic E-state index is 0.121. The van der Waals surface area contributed by atoms with E-state index in [1.54, 1.807) is 0 Å². The Labute approximate surface area is 98.3 Å². The second kappa shape index (κ2) is 7.52. The third-order valence-electron chi connectivity index (χ3n) is 2.76. The van der Waals surface area contributed by atoms with Crippen molar-refractivity contribution in [2.45, 2.75) is 43.1 Å². The summed E-state index contributed by atoms with van der Waals surface area (Å²) in [5.41, 5.74) is 0. The molecule has 1 aliphatic rings. The van der Waals surface area contributed by atoms with Crippen molar-refractivity contribution < 1.29 is 8.42 Å². The van der Waals surface area contributed by atoms with E-state index in [1.807, 2.05) is 11.8 Å². The molecule has 0 aromatic rings. The highest BCUT2D eigenvalue weighted by molar-refractivity contribution is 8.00. The van der Waals surface area contributed by atoms with Crippen molar-refractivity contribution >= 4 is 22.5 Å². The van der Waals surface area contributed by atoms with Crippen molar-refractivity contribution in [2.75, 3.05) is 18.8 Å². The van der Waals surface area contributed by atoms with Gasteiger partial charge in [0.25, 0.3) is 0 Å². The Hall–Kier alpha value is 0.260. The summed E-state index contributed by atoms with van der Waals surface area (Å²) in [6.45, 7) is 4.01. The van der Waals surface area contributed by atoms with Gasteiger partial charge in [-0.3, -0.25) is 0 Å². The highest BCUT2D eigenvalue weighted by Gasteiger charge is 2.25. The smallest absolute Gasteiger partial charge is 0.144 e. The molecule has 1 N–H and O–H groups in total. The zero-order chi connectivity index (χ0) is 11.1. The van der Waals surface area contributed by atoms with Gasteiger partial charge in [0.05, 0.1) is 5.25 Å². The van der Waals surface area contributed by atoms with Crippen LogP contribution in [0, 0.1) is 0 Å². The topological polar surface area (TPSA) is 46.2 Å². The van der Waals surface area contributed by atoms with Gasteiger partial charge in [-0.2, -0.15) is 11.8 Å². The maximum atomic E-state index is 11.2. The summed E-state index contributed by atoms with van der Waals surface area (Å²) in [4.78, 5) is 0. The molecule has 1 heterocycles. The first-order chi connectivity index (χ1) is 7.25. The summed E-state index contributed by atoms with van der Waals surface area (Å²) in [6.07, 6.45) is 4.18. The van der Waals surface area contributed by atoms with E-state index in [9.17, 15) is 8.42 Å². The summed E-state index contributed by atoms with van der Waals surface area (Å²) < 4.78 is 22.4. The van der Waals surface area contributed by atoms with E-state index in [0.717, 1.165) is 44.5 Å². The number of unbranched alkanes of at least 4 members (excludes halogenated alkanes) is 2. The lowest BCUT2D eigenvalue weighted by molar-refractivity contribution is 0.549.